The van der Waals surface area contributed by atoms with Crippen LogP contribution in [0.3, 0.4) is 0 Å². The van der Waals surface area contributed by atoms with E-state index < -0.39 is 18.7 Å². The Kier molecular flexibility index (Phi) is 0.889. The lowest BCUT2D eigenvalue weighted by atomic mass is 11.1. The van der Waals surface area contributed by atoms with Gasteiger partial charge in [0, 0.05) is 0 Å². The third-order valence-corrected chi connectivity index (χ3v) is 4.43. The Morgan fingerprint density at radius 2 is 1.82 bits per heavy atom. The summed E-state index contributed by atoms with van der Waals surface area (Å²) in [6.07, 6.45) is 0. The van der Waals surface area contributed by atoms with E-state index in [4.69, 9.17) is 5.41 Å². The van der Waals surface area contributed by atoms with Crippen LogP contribution in [0.2, 0.25) is 0 Å². The monoisotopic (exact) mass is 172 g/mol. The summed E-state index contributed by atoms with van der Waals surface area (Å²) in [6, 6.07) is 0. The van der Waals surface area contributed by atoms with Gasteiger partial charge in [-0.05, 0) is 6.58 Å². The van der Waals surface area contributed by atoms with Crippen molar-refractivity contribution in [1.29, 1.82) is 5.41 Å². The Labute approximate surface area is 61.8 Å². The van der Waals surface area contributed by atoms with Crippen molar-refractivity contribution in [3.05, 3.63) is 12.1 Å². The molecule has 0 aromatic heterocycles. The first-order valence-corrected chi connectivity index (χ1v) is 4.51. The Morgan fingerprint density at radius 1 is 1.27 bits per heavy atom. The van der Waals surface area contributed by atoms with Crippen LogP contribution in [-0.2, 0) is 9.47 Å². The lowest BCUT2D eigenvalue weighted by Gasteiger charge is -2.32. The van der Waals surface area contributed by atoms with Crippen molar-refractivity contribution in [3.63, 3.8) is 0 Å². The predicted octanol–water partition coefficient (Wildman–Crippen LogP) is 1.71. The van der Waals surface area contributed by atoms with E-state index in [2.05, 4.69) is 16.1 Å². The lowest BCUT2D eigenvalue weighted by molar-refractivity contribution is 0.172. The average molecular weight is 172 g/mol. The molecule has 2 heterocycles. The molecule has 0 unspecified atom stereocenters. The molecule has 0 aliphatic carbocycles. The molecule has 1 N–H and O–H groups in total. The van der Waals surface area contributed by atoms with Gasteiger partial charge in [0.2, 0.25) is 0 Å². The maximum atomic E-state index is 10.8. The Bertz CT molecular complexity index is 257. The fourth-order valence-electron chi connectivity index (χ4n) is 0.939. The first kappa shape index (κ1) is 6.49. The Morgan fingerprint density at radius 3 is 2.00 bits per heavy atom. The zero-order valence-electron chi connectivity index (χ0n) is 5.29. The van der Waals surface area contributed by atoms with Crippen LogP contribution >= 0.6 is 7.26 Å². The second-order valence-corrected chi connectivity index (χ2v) is 5.08. The van der Waals surface area contributed by atoms with E-state index in [9.17, 15) is 9.59 Å². The molecule has 0 saturated carbocycles. The van der Waals surface area contributed by atoms with Crippen LogP contribution in [0, 0.1) is 5.41 Å². The van der Waals surface area contributed by atoms with Crippen molar-refractivity contribution in [2.24, 2.45) is 0 Å². The maximum Gasteiger partial charge on any atom is 0.493 e. The van der Waals surface area contributed by atoms with Gasteiger partial charge in [0.1, 0.15) is 0 Å². The highest BCUT2D eigenvalue weighted by Crippen LogP contribution is 2.81. The van der Waals surface area contributed by atoms with Gasteiger partial charge in [0.25, 0.3) is 5.50 Å². The molecule has 0 aromatic rings. The summed E-state index contributed by atoms with van der Waals surface area (Å²) >= 11 is 0. The van der Waals surface area contributed by atoms with Gasteiger partial charge in [-0.15, -0.1) is 0 Å². The summed E-state index contributed by atoms with van der Waals surface area (Å²) in [5, 5.41) is 7.07. The van der Waals surface area contributed by atoms with Crippen molar-refractivity contribution in [2.45, 2.75) is 0 Å². The molecule has 0 amide bonds. The SMILES string of the molecule is C=C1OC(=N)[P+]12C(=O)OC2=O. The molecular formula is C5H3NO4P+. The van der Waals surface area contributed by atoms with Crippen molar-refractivity contribution in [2.75, 3.05) is 0 Å². The number of ether oxygens (including phenoxy) is 2. The number of cyclic esters (lactones) is 2. The third-order valence-electron chi connectivity index (χ3n) is 1.62. The molecule has 0 atom stereocenters. The zero-order valence-corrected chi connectivity index (χ0v) is 6.18. The van der Waals surface area contributed by atoms with Crippen LogP contribution in [0.4, 0.5) is 9.59 Å². The fourth-order valence-corrected chi connectivity index (χ4v) is 2.71. The quantitative estimate of drug-likeness (QED) is 0.445. The van der Waals surface area contributed by atoms with Gasteiger partial charge in [-0.25, -0.2) is 15.0 Å². The topological polar surface area (TPSA) is 76.4 Å². The molecular weight excluding hydrogens is 169 g/mol. The van der Waals surface area contributed by atoms with E-state index in [1.165, 1.54) is 0 Å². The molecule has 2 fully saturated rings. The Hall–Kier alpha value is -1.22. The minimum atomic E-state index is -2.74. The maximum absolute atomic E-state index is 10.8. The highest BCUT2D eigenvalue weighted by molar-refractivity contribution is 8.21. The van der Waals surface area contributed by atoms with Gasteiger partial charge in [-0.2, -0.15) is 0 Å². The number of nitrogens with one attached hydrogen (secondary N) is 1. The van der Waals surface area contributed by atoms with Crippen molar-refractivity contribution < 1.29 is 19.1 Å². The molecule has 2 aliphatic heterocycles. The smallest absolute Gasteiger partial charge is 0.378 e. The van der Waals surface area contributed by atoms with Crippen molar-refractivity contribution in [3.8, 4) is 0 Å². The van der Waals surface area contributed by atoms with E-state index in [1.54, 1.807) is 0 Å². The van der Waals surface area contributed by atoms with Crippen LogP contribution in [0.1, 0.15) is 0 Å². The number of rotatable bonds is 0. The molecule has 0 aromatic carbocycles. The van der Waals surface area contributed by atoms with E-state index in [1.807, 2.05) is 0 Å². The van der Waals surface area contributed by atoms with Gasteiger partial charge >= 0.3 is 24.3 Å². The third kappa shape index (κ3) is 0.426. The highest BCUT2D eigenvalue weighted by Gasteiger charge is 2.85. The average Bonchev–Trinajstić information content (AvgIpc) is 1.86. The number of hydrogen-bond donors (Lipinski definition) is 1. The first-order valence-electron chi connectivity index (χ1n) is 2.72. The molecule has 2 rings (SSSR count). The minimum Gasteiger partial charge on any atom is -0.378 e. The van der Waals surface area contributed by atoms with Gasteiger partial charge in [0.15, 0.2) is 0 Å². The summed E-state index contributed by atoms with van der Waals surface area (Å²) in [7, 11) is -2.74. The van der Waals surface area contributed by atoms with Gasteiger partial charge in [-0.3, -0.25) is 0 Å². The summed E-state index contributed by atoms with van der Waals surface area (Å²) in [5.41, 5.74) is -1.47. The van der Waals surface area contributed by atoms with E-state index in [-0.39, 0.29) is 11.1 Å². The molecule has 1 spiro atoms. The molecule has 6 heteroatoms. The molecule has 5 nitrogen and oxygen atoms in total. The minimum absolute atomic E-state index is 0.101. The molecule has 11 heavy (non-hydrogen) atoms. The standard InChI is InChI=1S/C5H3NO4P/c1-2-9-3(6)11(2)4(7)10-5(11)8/h6H,1H2/q+1. The van der Waals surface area contributed by atoms with Crippen LogP contribution in [0.5, 0.6) is 0 Å². The second-order valence-electron chi connectivity index (χ2n) is 2.11. The first-order chi connectivity index (χ1) is 5.10. The molecule has 56 valence electrons. The van der Waals surface area contributed by atoms with E-state index in [0.717, 1.165) is 0 Å². The van der Waals surface area contributed by atoms with Crippen molar-refractivity contribution in [1.82, 2.24) is 0 Å². The lowest BCUT2D eigenvalue weighted by Crippen LogP contribution is -2.43. The molecule has 2 saturated heterocycles. The largest absolute Gasteiger partial charge is 0.493 e. The van der Waals surface area contributed by atoms with E-state index in [0.29, 0.717) is 0 Å². The number of hydrogen-bond acceptors (Lipinski definition) is 5. The van der Waals surface area contributed by atoms with Crippen LogP contribution in [0.25, 0.3) is 0 Å². The summed E-state index contributed by atoms with van der Waals surface area (Å²) in [4.78, 5) is 21.6. The van der Waals surface area contributed by atoms with Gasteiger partial charge < -0.3 is 9.47 Å². The number of carbonyl (C=O) groups excluding carboxylic acids is 2. The normalized spacial score (nSPS) is 25.5. The zero-order chi connectivity index (χ0) is 8.22. The van der Waals surface area contributed by atoms with Gasteiger partial charge in [-0.1, -0.05) is 0 Å². The molecule has 0 radical (unpaired) electrons. The highest BCUT2D eigenvalue weighted by atomic mass is 31.2. The molecule has 0 bridgehead atoms. The summed E-state index contributed by atoms with van der Waals surface area (Å²) in [5.74, 6) is 0. The predicted molar refractivity (Wildman–Crippen MR) is 36.7 cm³/mol. The Balaban J connectivity index is 2.49. The van der Waals surface area contributed by atoms with Crippen LogP contribution in [-0.4, -0.2) is 17.1 Å². The van der Waals surface area contributed by atoms with Gasteiger partial charge in [0.05, 0.1) is 0 Å². The van der Waals surface area contributed by atoms with Crippen LogP contribution < -0.4 is 0 Å². The van der Waals surface area contributed by atoms with Crippen LogP contribution in [0.15, 0.2) is 12.1 Å². The summed E-state index contributed by atoms with van der Waals surface area (Å²) in [6.45, 7) is 3.35. The van der Waals surface area contributed by atoms with E-state index >= 15 is 0 Å². The fraction of sp³-hybridized carbons (Fsp3) is 0. The second kappa shape index (κ2) is 1.51. The summed E-state index contributed by atoms with van der Waals surface area (Å²) < 4.78 is 8.68. The number of carbonyl (C=O) groups is 2. The molecule has 2 aliphatic rings. The van der Waals surface area contributed by atoms with Crippen molar-refractivity contribution >= 4 is 24.3 Å².